The summed E-state index contributed by atoms with van der Waals surface area (Å²) in [7, 11) is 0. The SMILES string of the molecule is CC(C)C(CO)Nc1nc(NN)ncc1[N+](=O)[O-]. The van der Waals surface area contributed by atoms with Gasteiger partial charge >= 0.3 is 5.69 Å². The molecule has 0 aliphatic heterocycles. The Hall–Kier alpha value is -2.00. The average molecular weight is 256 g/mol. The maximum Gasteiger partial charge on any atom is 0.329 e. The Morgan fingerprint density at radius 1 is 1.61 bits per heavy atom. The molecule has 1 atom stereocenters. The van der Waals surface area contributed by atoms with Crippen LogP contribution in [0.5, 0.6) is 0 Å². The molecule has 0 aliphatic carbocycles. The number of hydrazine groups is 1. The molecule has 0 radical (unpaired) electrons. The standard InChI is InChI=1S/C9H16N6O3/c1-5(2)6(4-16)12-8-7(15(17)18)3-11-9(13-8)14-10/h3,5-6,16H,4,10H2,1-2H3,(H2,11,12,13,14). The molecule has 100 valence electrons. The van der Waals surface area contributed by atoms with Crippen LogP contribution in [0.2, 0.25) is 0 Å². The molecule has 0 saturated carbocycles. The number of rotatable bonds is 6. The summed E-state index contributed by atoms with van der Waals surface area (Å²) in [6.07, 6.45) is 1.05. The zero-order valence-electron chi connectivity index (χ0n) is 10.1. The molecule has 0 saturated heterocycles. The van der Waals surface area contributed by atoms with E-state index in [4.69, 9.17) is 5.84 Å². The van der Waals surface area contributed by atoms with Crippen LogP contribution in [0.3, 0.4) is 0 Å². The van der Waals surface area contributed by atoms with Crippen molar-refractivity contribution >= 4 is 17.5 Å². The first-order valence-electron chi connectivity index (χ1n) is 5.35. The van der Waals surface area contributed by atoms with Crippen molar-refractivity contribution in [2.75, 3.05) is 17.3 Å². The summed E-state index contributed by atoms with van der Waals surface area (Å²) in [5.41, 5.74) is 1.94. The summed E-state index contributed by atoms with van der Waals surface area (Å²) >= 11 is 0. The van der Waals surface area contributed by atoms with Crippen molar-refractivity contribution in [1.82, 2.24) is 9.97 Å². The summed E-state index contributed by atoms with van der Waals surface area (Å²) in [4.78, 5) is 17.8. The van der Waals surface area contributed by atoms with Gasteiger partial charge in [-0.25, -0.2) is 10.8 Å². The zero-order valence-corrected chi connectivity index (χ0v) is 10.1. The second-order valence-corrected chi connectivity index (χ2v) is 4.01. The van der Waals surface area contributed by atoms with E-state index in [1.807, 2.05) is 13.8 Å². The van der Waals surface area contributed by atoms with Crippen molar-refractivity contribution in [1.29, 1.82) is 0 Å². The molecule has 9 heteroatoms. The van der Waals surface area contributed by atoms with Gasteiger partial charge in [-0.15, -0.1) is 0 Å². The number of nitro groups is 1. The number of nitrogen functional groups attached to an aromatic ring is 1. The van der Waals surface area contributed by atoms with Crippen LogP contribution >= 0.6 is 0 Å². The maximum atomic E-state index is 10.8. The highest BCUT2D eigenvalue weighted by atomic mass is 16.6. The van der Waals surface area contributed by atoms with Gasteiger partial charge in [0.2, 0.25) is 11.8 Å². The monoisotopic (exact) mass is 256 g/mol. The minimum absolute atomic E-state index is 0.0238. The first-order chi connectivity index (χ1) is 8.49. The van der Waals surface area contributed by atoms with Crippen LogP contribution in [-0.2, 0) is 0 Å². The van der Waals surface area contributed by atoms with E-state index >= 15 is 0 Å². The molecular weight excluding hydrogens is 240 g/mol. The number of nitrogens with zero attached hydrogens (tertiary/aromatic N) is 3. The van der Waals surface area contributed by atoms with Gasteiger partial charge in [-0.3, -0.25) is 15.5 Å². The molecule has 1 heterocycles. The van der Waals surface area contributed by atoms with Crippen molar-refractivity contribution in [3.63, 3.8) is 0 Å². The van der Waals surface area contributed by atoms with Crippen LogP contribution in [0.15, 0.2) is 6.20 Å². The Morgan fingerprint density at radius 2 is 2.28 bits per heavy atom. The quantitative estimate of drug-likeness (QED) is 0.319. The Kier molecular flexibility index (Phi) is 4.75. The van der Waals surface area contributed by atoms with Crippen molar-refractivity contribution in [2.45, 2.75) is 19.9 Å². The lowest BCUT2D eigenvalue weighted by Crippen LogP contribution is -2.30. The van der Waals surface area contributed by atoms with Gasteiger partial charge in [-0.05, 0) is 5.92 Å². The lowest BCUT2D eigenvalue weighted by Gasteiger charge is -2.20. The number of anilines is 2. The van der Waals surface area contributed by atoms with Crippen LogP contribution in [0.1, 0.15) is 13.8 Å². The lowest BCUT2D eigenvalue weighted by atomic mass is 10.1. The fourth-order valence-electron chi connectivity index (χ4n) is 1.28. The van der Waals surface area contributed by atoms with Gasteiger partial charge in [0.1, 0.15) is 6.20 Å². The molecule has 9 nitrogen and oxygen atoms in total. The molecule has 0 spiro atoms. The van der Waals surface area contributed by atoms with Gasteiger partial charge in [0.25, 0.3) is 0 Å². The largest absolute Gasteiger partial charge is 0.394 e. The molecule has 1 unspecified atom stereocenters. The molecule has 5 N–H and O–H groups in total. The number of hydrogen-bond acceptors (Lipinski definition) is 8. The van der Waals surface area contributed by atoms with Crippen molar-refractivity contribution in [3.05, 3.63) is 16.3 Å². The predicted molar refractivity (Wildman–Crippen MR) is 65.8 cm³/mol. The normalized spacial score (nSPS) is 12.3. The van der Waals surface area contributed by atoms with E-state index < -0.39 is 4.92 Å². The van der Waals surface area contributed by atoms with E-state index in [1.165, 1.54) is 0 Å². The summed E-state index contributed by atoms with van der Waals surface area (Å²) in [6.45, 7) is 3.59. The van der Waals surface area contributed by atoms with E-state index in [0.29, 0.717) is 0 Å². The van der Waals surface area contributed by atoms with Crippen LogP contribution < -0.4 is 16.6 Å². The number of aromatic nitrogens is 2. The van der Waals surface area contributed by atoms with Gasteiger partial charge in [-0.1, -0.05) is 13.8 Å². The number of aliphatic hydroxyl groups is 1. The second kappa shape index (κ2) is 6.07. The minimum Gasteiger partial charge on any atom is -0.394 e. The Morgan fingerprint density at radius 3 is 2.72 bits per heavy atom. The maximum absolute atomic E-state index is 10.8. The lowest BCUT2D eigenvalue weighted by molar-refractivity contribution is -0.384. The third-order valence-electron chi connectivity index (χ3n) is 2.42. The molecule has 1 rings (SSSR count). The molecule has 0 aliphatic rings. The molecule has 0 bridgehead atoms. The van der Waals surface area contributed by atoms with Gasteiger partial charge in [0.05, 0.1) is 17.6 Å². The fraction of sp³-hybridized carbons (Fsp3) is 0.556. The molecule has 1 aromatic rings. The van der Waals surface area contributed by atoms with E-state index in [-0.39, 0.29) is 36.0 Å². The highest BCUT2D eigenvalue weighted by Gasteiger charge is 2.21. The number of nitrogens with two attached hydrogens (primary N) is 1. The highest BCUT2D eigenvalue weighted by molar-refractivity contribution is 5.57. The number of nitrogens with one attached hydrogen (secondary N) is 2. The third kappa shape index (κ3) is 3.25. The van der Waals surface area contributed by atoms with E-state index in [2.05, 4.69) is 20.7 Å². The van der Waals surface area contributed by atoms with Crippen LogP contribution in [0.25, 0.3) is 0 Å². The summed E-state index contributed by atoms with van der Waals surface area (Å²) in [6, 6.07) is -0.343. The molecule has 18 heavy (non-hydrogen) atoms. The molecule has 0 fully saturated rings. The Balaban J connectivity index is 3.07. The summed E-state index contributed by atoms with van der Waals surface area (Å²) in [5, 5.41) is 22.8. The topological polar surface area (TPSA) is 139 Å². The fourth-order valence-corrected chi connectivity index (χ4v) is 1.28. The van der Waals surface area contributed by atoms with Gasteiger partial charge < -0.3 is 10.4 Å². The molecular formula is C9H16N6O3. The van der Waals surface area contributed by atoms with E-state index in [0.717, 1.165) is 6.20 Å². The number of aliphatic hydroxyl groups excluding tert-OH is 1. The first kappa shape index (κ1) is 14.1. The number of hydrogen-bond donors (Lipinski definition) is 4. The van der Waals surface area contributed by atoms with Gasteiger partial charge in [0, 0.05) is 0 Å². The van der Waals surface area contributed by atoms with Crippen LogP contribution in [0, 0.1) is 16.0 Å². The van der Waals surface area contributed by atoms with E-state index in [1.54, 1.807) is 0 Å². The average Bonchev–Trinajstić information content (AvgIpc) is 2.34. The first-order valence-corrected chi connectivity index (χ1v) is 5.35. The summed E-state index contributed by atoms with van der Waals surface area (Å²) in [5.74, 6) is 5.31. The summed E-state index contributed by atoms with van der Waals surface area (Å²) < 4.78 is 0. The molecule has 0 amide bonds. The smallest absolute Gasteiger partial charge is 0.329 e. The third-order valence-corrected chi connectivity index (χ3v) is 2.42. The highest BCUT2D eigenvalue weighted by Crippen LogP contribution is 2.23. The second-order valence-electron chi connectivity index (χ2n) is 4.01. The zero-order chi connectivity index (χ0) is 13.7. The minimum atomic E-state index is -0.600. The predicted octanol–water partition coefficient (Wildman–Crippen LogP) is 0.0992. The van der Waals surface area contributed by atoms with Crippen molar-refractivity contribution in [3.8, 4) is 0 Å². The molecule has 1 aromatic heterocycles. The Labute approximate surface area is 104 Å². The Bertz CT molecular complexity index is 425. The van der Waals surface area contributed by atoms with Crippen molar-refractivity contribution in [2.24, 2.45) is 11.8 Å². The van der Waals surface area contributed by atoms with Gasteiger partial charge in [0.15, 0.2) is 0 Å². The van der Waals surface area contributed by atoms with E-state index in [9.17, 15) is 15.2 Å². The van der Waals surface area contributed by atoms with Gasteiger partial charge in [-0.2, -0.15) is 4.98 Å². The van der Waals surface area contributed by atoms with Crippen molar-refractivity contribution < 1.29 is 10.0 Å². The van der Waals surface area contributed by atoms with Crippen LogP contribution in [0.4, 0.5) is 17.5 Å². The van der Waals surface area contributed by atoms with Crippen LogP contribution in [-0.4, -0.2) is 32.6 Å². The molecule has 0 aromatic carbocycles.